The number of anilines is 1. The van der Waals surface area contributed by atoms with Crippen molar-refractivity contribution in [1.29, 1.82) is 0 Å². The third-order valence-electron chi connectivity index (χ3n) is 4.60. The predicted molar refractivity (Wildman–Crippen MR) is 112 cm³/mol. The van der Waals surface area contributed by atoms with Crippen molar-refractivity contribution in [2.45, 2.75) is 10.6 Å². The minimum atomic E-state index is -3.66. The van der Waals surface area contributed by atoms with Crippen LogP contribution < -0.4 is 19.7 Å². The summed E-state index contributed by atoms with van der Waals surface area (Å²) in [6.07, 6.45) is 0. The molecule has 0 aromatic heterocycles. The number of rotatable bonds is 6. The first-order valence-electron chi connectivity index (χ1n) is 8.74. The number of sulfone groups is 1. The average Bonchev–Trinajstić information content (AvgIpc) is 2.67. The van der Waals surface area contributed by atoms with Crippen LogP contribution in [0.5, 0.6) is 11.5 Å². The van der Waals surface area contributed by atoms with Crippen molar-refractivity contribution in [1.82, 2.24) is 5.32 Å². The number of benzene rings is 2. The number of piperazine rings is 1. The van der Waals surface area contributed by atoms with E-state index in [1.54, 1.807) is 31.4 Å². The van der Waals surface area contributed by atoms with Crippen LogP contribution in [0.1, 0.15) is 5.56 Å². The van der Waals surface area contributed by atoms with Gasteiger partial charge in [0.05, 0.1) is 35.6 Å². The van der Waals surface area contributed by atoms with E-state index in [-0.39, 0.29) is 15.7 Å². The van der Waals surface area contributed by atoms with Gasteiger partial charge in [-0.2, -0.15) is 0 Å². The van der Waals surface area contributed by atoms with Gasteiger partial charge in [0, 0.05) is 36.8 Å². The van der Waals surface area contributed by atoms with Gasteiger partial charge in [-0.25, -0.2) is 8.42 Å². The van der Waals surface area contributed by atoms with Crippen LogP contribution in [0.4, 0.5) is 5.69 Å². The maximum Gasteiger partial charge on any atom is 0.182 e. The van der Waals surface area contributed by atoms with Crippen LogP contribution in [-0.2, 0) is 15.6 Å². The molecule has 3 rings (SSSR count). The molecule has 28 heavy (non-hydrogen) atoms. The highest BCUT2D eigenvalue weighted by molar-refractivity contribution is 7.90. The molecular formula is C19H22Cl2N2O4S. The van der Waals surface area contributed by atoms with Gasteiger partial charge in [-0.1, -0.05) is 23.2 Å². The summed E-state index contributed by atoms with van der Waals surface area (Å²) in [4.78, 5) is 2.32. The van der Waals surface area contributed by atoms with Gasteiger partial charge < -0.3 is 19.7 Å². The Bertz CT molecular complexity index is 961. The molecule has 9 heteroatoms. The molecule has 1 saturated heterocycles. The molecule has 152 valence electrons. The highest BCUT2D eigenvalue weighted by Gasteiger charge is 2.23. The fourth-order valence-electron chi connectivity index (χ4n) is 3.25. The van der Waals surface area contributed by atoms with Gasteiger partial charge in [-0.3, -0.25) is 0 Å². The van der Waals surface area contributed by atoms with Crippen LogP contribution in [0, 0.1) is 0 Å². The Kier molecular flexibility index (Phi) is 6.60. The molecule has 1 aliphatic heterocycles. The van der Waals surface area contributed by atoms with Crippen molar-refractivity contribution < 1.29 is 17.9 Å². The van der Waals surface area contributed by atoms with Crippen molar-refractivity contribution in [2.24, 2.45) is 0 Å². The van der Waals surface area contributed by atoms with Gasteiger partial charge in [-0.15, -0.1) is 0 Å². The normalized spacial score (nSPS) is 14.8. The standard InChI is InChI=1S/C19H22Cl2N2O4S/c1-26-18-4-3-15(11-17(18)23-7-5-22-6-8-23)28(24,25)12-13-9-14(20)10-16(21)19(13)27-2/h3-4,9-11,22H,5-8,12H2,1-2H3. The van der Waals surface area contributed by atoms with E-state index in [0.29, 0.717) is 22.1 Å². The SMILES string of the molecule is COc1ccc(S(=O)(=O)Cc2cc(Cl)cc(Cl)c2OC)cc1N1CCNCC1. The minimum Gasteiger partial charge on any atom is -0.495 e. The maximum absolute atomic E-state index is 13.1. The Balaban J connectivity index is 1.98. The zero-order valence-corrected chi connectivity index (χ0v) is 18.0. The Morgan fingerprint density at radius 3 is 2.43 bits per heavy atom. The summed E-state index contributed by atoms with van der Waals surface area (Å²) < 4.78 is 36.9. The number of methoxy groups -OCH3 is 2. The summed E-state index contributed by atoms with van der Waals surface area (Å²) in [5.74, 6) is 0.679. The molecular weight excluding hydrogens is 423 g/mol. The summed E-state index contributed by atoms with van der Waals surface area (Å²) in [5, 5.41) is 3.91. The van der Waals surface area contributed by atoms with Crippen LogP contribution >= 0.6 is 23.2 Å². The predicted octanol–water partition coefficient (Wildman–Crippen LogP) is 3.39. The lowest BCUT2D eigenvalue weighted by atomic mass is 10.2. The van der Waals surface area contributed by atoms with Crippen LogP contribution in [0.3, 0.4) is 0 Å². The second-order valence-electron chi connectivity index (χ2n) is 6.41. The molecule has 2 aromatic carbocycles. The first kappa shape index (κ1) is 21.0. The number of halogens is 2. The third kappa shape index (κ3) is 4.49. The van der Waals surface area contributed by atoms with Crippen molar-refractivity contribution in [3.63, 3.8) is 0 Å². The highest BCUT2D eigenvalue weighted by atomic mass is 35.5. The summed E-state index contributed by atoms with van der Waals surface area (Å²) in [5.41, 5.74) is 1.18. The van der Waals surface area contributed by atoms with Gasteiger partial charge in [0.15, 0.2) is 9.84 Å². The first-order valence-corrected chi connectivity index (χ1v) is 11.1. The molecule has 6 nitrogen and oxygen atoms in total. The molecule has 0 aliphatic carbocycles. The highest BCUT2D eigenvalue weighted by Crippen LogP contribution is 2.36. The van der Waals surface area contributed by atoms with Crippen LogP contribution in [-0.4, -0.2) is 48.8 Å². The molecule has 0 radical (unpaired) electrons. The van der Waals surface area contributed by atoms with Gasteiger partial charge >= 0.3 is 0 Å². The van der Waals surface area contributed by atoms with Crippen LogP contribution in [0.25, 0.3) is 0 Å². The van der Waals surface area contributed by atoms with Gasteiger partial charge in [0.2, 0.25) is 0 Å². The Morgan fingerprint density at radius 1 is 1.07 bits per heavy atom. The van der Waals surface area contributed by atoms with E-state index in [0.717, 1.165) is 31.9 Å². The molecule has 1 fully saturated rings. The fraction of sp³-hybridized carbons (Fsp3) is 0.368. The summed E-state index contributed by atoms with van der Waals surface area (Å²) in [7, 11) is -0.638. The van der Waals surface area contributed by atoms with Crippen molar-refractivity contribution in [3.05, 3.63) is 45.9 Å². The minimum absolute atomic E-state index is 0.208. The van der Waals surface area contributed by atoms with E-state index in [2.05, 4.69) is 10.2 Å². The number of nitrogens with zero attached hydrogens (tertiary/aromatic N) is 1. The van der Waals surface area contributed by atoms with Crippen molar-refractivity contribution in [2.75, 3.05) is 45.3 Å². The number of hydrogen-bond acceptors (Lipinski definition) is 6. The van der Waals surface area contributed by atoms with E-state index in [9.17, 15) is 8.42 Å². The lowest BCUT2D eigenvalue weighted by Gasteiger charge is -2.30. The summed E-state index contributed by atoms with van der Waals surface area (Å²) in [6, 6.07) is 7.99. The largest absolute Gasteiger partial charge is 0.495 e. The molecule has 1 N–H and O–H groups in total. The number of nitrogens with one attached hydrogen (secondary N) is 1. The second-order valence-corrected chi connectivity index (χ2v) is 9.24. The Morgan fingerprint density at radius 2 is 1.79 bits per heavy atom. The molecule has 1 aliphatic rings. The summed E-state index contributed by atoms with van der Waals surface area (Å²) in [6.45, 7) is 3.21. The molecule has 0 saturated carbocycles. The molecule has 0 bridgehead atoms. The van der Waals surface area contributed by atoms with Crippen LogP contribution in [0.2, 0.25) is 10.0 Å². The van der Waals surface area contributed by atoms with Gasteiger partial charge in [-0.05, 0) is 30.3 Å². The second kappa shape index (κ2) is 8.78. The van der Waals surface area contributed by atoms with Gasteiger partial charge in [0.1, 0.15) is 11.5 Å². The third-order valence-corrected chi connectivity index (χ3v) is 6.76. The Hall–Kier alpha value is -1.67. The van der Waals surface area contributed by atoms with E-state index in [1.165, 1.54) is 13.2 Å². The lowest BCUT2D eigenvalue weighted by molar-refractivity contribution is 0.411. The average molecular weight is 445 g/mol. The van der Waals surface area contributed by atoms with Crippen LogP contribution in [0.15, 0.2) is 35.2 Å². The smallest absolute Gasteiger partial charge is 0.182 e. The van der Waals surface area contributed by atoms with Gasteiger partial charge in [0.25, 0.3) is 0 Å². The topological polar surface area (TPSA) is 67.9 Å². The van der Waals surface area contributed by atoms with E-state index in [4.69, 9.17) is 32.7 Å². The number of hydrogen-bond donors (Lipinski definition) is 1. The van der Waals surface area contributed by atoms with E-state index >= 15 is 0 Å². The van der Waals surface area contributed by atoms with E-state index < -0.39 is 9.84 Å². The zero-order valence-electron chi connectivity index (χ0n) is 15.7. The molecule has 1 heterocycles. The molecule has 2 aromatic rings. The fourth-order valence-corrected chi connectivity index (χ4v) is 5.22. The lowest BCUT2D eigenvalue weighted by Crippen LogP contribution is -2.43. The monoisotopic (exact) mass is 444 g/mol. The number of ether oxygens (including phenoxy) is 2. The molecule has 0 amide bonds. The summed E-state index contributed by atoms with van der Waals surface area (Å²) >= 11 is 12.2. The molecule has 0 unspecified atom stereocenters. The van der Waals surface area contributed by atoms with E-state index in [1.807, 2.05) is 0 Å². The first-order chi connectivity index (χ1) is 13.4. The molecule has 0 atom stereocenters. The van der Waals surface area contributed by atoms with Crippen molar-refractivity contribution >= 4 is 38.7 Å². The van der Waals surface area contributed by atoms with Crippen molar-refractivity contribution in [3.8, 4) is 11.5 Å². The maximum atomic E-state index is 13.1. The Labute approximate surface area is 175 Å². The molecule has 0 spiro atoms. The zero-order chi connectivity index (χ0) is 20.3. The quantitative estimate of drug-likeness (QED) is 0.736.